The highest BCUT2D eigenvalue weighted by atomic mass is 32.2. The summed E-state index contributed by atoms with van der Waals surface area (Å²) in [6.07, 6.45) is 6.49. The Labute approximate surface area is 152 Å². The van der Waals surface area contributed by atoms with Gasteiger partial charge in [-0.25, -0.2) is 13.4 Å². The van der Waals surface area contributed by atoms with Crippen molar-refractivity contribution in [1.82, 2.24) is 19.2 Å². The lowest BCUT2D eigenvalue weighted by atomic mass is 9.97. The Morgan fingerprint density at radius 1 is 1.19 bits per heavy atom. The van der Waals surface area contributed by atoms with E-state index in [0.717, 1.165) is 12.8 Å². The van der Waals surface area contributed by atoms with Crippen molar-refractivity contribution in [2.24, 2.45) is 5.73 Å². The van der Waals surface area contributed by atoms with E-state index in [1.165, 1.54) is 10.5 Å². The molecule has 4 rings (SSSR count). The summed E-state index contributed by atoms with van der Waals surface area (Å²) in [6.45, 7) is 1.30. The van der Waals surface area contributed by atoms with Gasteiger partial charge in [-0.05, 0) is 25.0 Å². The Balaban J connectivity index is 1.50. The van der Waals surface area contributed by atoms with E-state index in [-0.39, 0.29) is 23.9 Å². The zero-order valence-corrected chi connectivity index (χ0v) is 15.3. The van der Waals surface area contributed by atoms with Gasteiger partial charge >= 0.3 is 0 Å². The zero-order valence-electron chi connectivity index (χ0n) is 14.5. The predicted molar refractivity (Wildman–Crippen MR) is 96.8 cm³/mol. The summed E-state index contributed by atoms with van der Waals surface area (Å²) in [5.41, 5.74) is 6.05. The molecule has 2 aromatic heterocycles. The normalized spacial score (nSPS) is 21.3. The largest absolute Gasteiger partial charge is 0.345 e. The number of pyridine rings is 1. The summed E-state index contributed by atoms with van der Waals surface area (Å²) < 4.78 is 27.5. The van der Waals surface area contributed by atoms with Crippen molar-refractivity contribution >= 4 is 27.0 Å². The van der Waals surface area contributed by atoms with Gasteiger partial charge in [-0.1, -0.05) is 12.8 Å². The van der Waals surface area contributed by atoms with Crippen LogP contribution in [-0.2, 0) is 14.8 Å². The summed E-state index contributed by atoms with van der Waals surface area (Å²) in [7, 11) is -3.64. The molecular formula is C17H23N5O3S. The molecule has 9 heteroatoms. The van der Waals surface area contributed by atoms with Crippen LogP contribution in [0.4, 0.5) is 0 Å². The number of rotatable bonds is 3. The fourth-order valence-electron chi connectivity index (χ4n) is 3.95. The Bertz CT molecular complexity index is 925. The van der Waals surface area contributed by atoms with E-state index in [4.69, 9.17) is 5.73 Å². The monoisotopic (exact) mass is 377 g/mol. The average Bonchev–Trinajstić information content (AvgIpc) is 3.28. The number of carbonyl (C=O) groups excluding carboxylic acids is 1. The maximum Gasteiger partial charge on any atom is 0.245 e. The van der Waals surface area contributed by atoms with Crippen molar-refractivity contribution in [3.8, 4) is 0 Å². The van der Waals surface area contributed by atoms with E-state index in [0.29, 0.717) is 37.0 Å². The predicted octanol–water partition coefficient (Wildman–Crippen LogP) is 0.667. The van der Waals surface area contributed by atoms with Gasteiger partial charge in [-0.15, -0.1) is 0 Å². The molecule has 0 aromatic carbocycles. The standard InChI is InChI=1S/C17H23N5O3S/c18-17(5-1-2-6-17)16(23)21-8-10-22(11-9-21)26(24,25)14-12-20-15-13(14)4-3-7-19-15/h3-4,7,12H,1-2,5-6,8-11,18H2,(H,19,20). The van der Waals surface area contributed by atoms with Crippen molar-refractivity contribution in [3.63, 3.8) is 0 Å². The third-order valence-electron chi connectivity index (χ3n) is 5.48. The molecule has 0 unspecified atom stereocenters. The third kappa shape index (κ3) is 2.80. The fraction of sp³-hybridized carbons (Fsp3) is 0.529. The first kappa shape index (κ1) is 17.4. The van der Waals surface area contributed by atoms with Gasteiger partial charge in [0.2, 0.25) is 15.9 Å². The zero-order chi connectivity index (χ0) is 18.4. The minimum absolute atomic E-state index is 0.0386. The van der Waals surface area contributed by atoms with Crippen LogP contribution in [-0.4, -0.2) is 65.2 Å². The molecule has 1 saturated heterocycles. The van der Waals surface area contributed by atoms with Crippen LogP contribution in [0.5, 0.6) is 0 Å². The maximum absolute atomic E-state index is 13.0. The van der Waals surface area contributed by atoms with Crippen LogP contribution in [0.2, 0.25) is 0 Å². The Kier molecular flexibility index (Phi) is 4.25. The SMILES string of the molecule is NC1(C(=O)N2CCN(S(=O)(=O)c3c[nH]c4ncccc34)CC2)CCCC1. The lowest BCUT2D eigenvalue weighted by Crippen LogP contribution is -2.59. The van der Waals surface area contributed by atoms with Gasteiger partial charge in [0.25, 0.3) is 0 Å². The van der Waals surface area contributed by atoms with Crippen LogP contribution < -0.4 is 5.73 Å². The number of aromatic amines is 1. The highest BCUT2D eigenvalue weighted by molar-refractivity contribution is 7.89. The summed E-state index contributed by atoms with van der Waals surface area (Å²) >= 11 is 0. The molecular weight excluding hydrogens is 354 g/mol. The van der Waals surface area contributed by atoms with E-state index in [9.17, 15) is 13.2 Å². The minimum atomic E-state index is -3.64. The summed E-state index contributed by atoms with van der Waals surface area (Å²) in [4.78, 5) is 21.7. The number of fused-ring (bicyclic) bond motifs is 1. The van der Waals surface area contributed by atoms with Crippen molar-refractivity contribution in [3.05, 3.63) is 24.5 Å². The van der Waals surface area contributed by atoms with Crippen LogP contribution in [0.1, 0.15) is 25.7 Å². The number of nitrogens with one attached hydrogen (secondary N) is 1. The van der Waals surface area contributed by atoms with Crippen LogP contribution in [0.25, 0.3) is 11.0 Å². The first-order chi connectivity index (χ1) is 12.4. The first-order valence-electron chi connectivity index (χ1n) is 8.92. The van der Waals surface area contributed by atoms with Crippen molar-refractivity contribution in [1.29, 1.82) is 0 Å². The summed E-state index contributed by atoms with van der Waals surface area (Å²) in [5, 5.41) is 0.581. The average molecular weight is 377 g/mol. The van der Waals surface area contributed by atoms with Gasteiger partial charge in [0, 0.05) is 44.0 Å². The number of piperazine rings is 1. The van der Waals surface area contributed by atoms with Crippen molar-refractivity contribution in [2.45, 2.75) is 36.1 Å². The van der Waals surface area contributed by atoms with Crippen LogP contribution in [0, 0.1) is 0 Å². The quantitative estimate of drug-likeness (QED) is 0.816. The molecule has 0 radical (unpaired) electrons. The number of carbonyl (C=O) groups is 1. The topological polar surface area (TPSA) is 112 Å². The van der Waals surface area contributed by atoms with Gasteiger partial charge < -0.3 is 15.6 Å². The molecule has 3 N–H and O–H groups in total. The minimum Gasteiger partial charge on any atom is -0.345 e. The van der Waals surface area contributed by atoms with Crippen LogP contribution in [0.15, 0.2) is 29.4 Å². The van der Waals surface area contributed by atoms with Crippen molar-refractivity contribution in [2.75, 3.05) is 26.2 Å². The molecule has 2 aromatic rings. The number of aromatic nitrogens is 2. The van der Waals surface area contributed by atoms with E-state index in [2.05, 4.69) is 9.97 Å². The molecule has 2 aliphatic rings. The third-order valence-corrected chi connectivity index (χ3v) is 7.42. The molecule has 0 bridgehead atoms. The summed E-state index contributed by atoms with van der Waals surface area (Å²) in [6, 6.07) is 3.46. The Morgan fingerprint density at radius 2 is 1.88 bits per heavy atom. The smallest absolute Gasteiger partial charge is 0.245 e. The molecule has 26 heavy (non-hydrogen) atoms. The lowest BCUT2D eigenvalue weighted by Gasteiger charge is -2.37. The second kappa shape index (κ2) is 6.33. The molecule has 2 fully saturated rings. The number of hydrogen-bond acceptors (Lipinski definition) is 5. The first-order valence-corrected chi connectivity index (χ1v) is 10.4. The molecule has 1 aliphatic carbocycles. The van der Waals surface area contributed by atoms with Gasteiger partial charge in [0.15, 0.2) is 0 Å². The molecule has 0 spiro atoms. The van der Waals surface area contributed by atoms with Crippen LogP contribution >= 0.6 is 0 Å². The molecule has 140 valence electrons. The van der Waals surface area contributed by atoms with Crippen LogP contribution in [0.3, 0.4) is 0 Å². The van der Waals surface area contributed by atoms with Gasteiger partial charge in [0.05, 0.1) is 5.54 Å². The number of H-pyrrole nitrogens is 1. The number of nitrogens with two attached hydrogens (primary N) is 1. The number of nitrogens with zero attached hydrogens (tertiary/aromatic N) is 3. The second-order valence-electron chi connectivity index (χ2n) is 7.11. The molecule has 1 amide bonds. The molecule has 8 nitrogen and oxygen atoms in total. The highest BCUT2D eigenvalue weighted by Gasteiger charge is 2.41. The second-order valence-corrected chi connectivity index (χ2v) is 9.02. The van der Waals surface area contributed by atoms with E-state index in [1.807, 2.05) is 0 Å². The van der Waals surface area contributed by atoms with Crippen molar-refractivity contribution < 1.29 is 13.2 Å². The lowest BCUT2D eigenvalue weighted by molar-refractivity contribution is -0.138. The Morgan fingerprint density at radius 3 is 2.58 bits per heavy atom. The summed E-state index contributed by atoms with van der Waals surface area (Å²) in [5.74, 6) is -0.0386. The molecule has 0 atom stereocenters. The van der Waals surface area contributed by atoms with Gasteiger partial charge in [-0.3, -0.25) is 4.79 Å². The number of sulfonamides is 1. The Hall–Kier alpha value is -1.97. The molecule has 1 aliphatic heterocycles. The van der Waals surface area contributed by atoms with E-state index >= 15 is 0 Å². The molecule has 3 heterocycles. The number of amides is 1. The maximum atomic E-state index is 13.0. The van der Waals surface area contributed by atoms with Gasteiger partial charge in [0.1, 0.15) is 10.5 Å². The van der Waals surface area contributed by atoms with Gasteiger partial charge in [-0.2, -0.15) is 4.31 Å². The van der Waals surface area contributed by atoms with E-state index in [1.54, 1.807) is 23.2 Å². The van der Waals surface area contributed by atoms with E-state index < -0.39 is 15.6 Å². The molecule has 1 saturated carbocycles. The highest BCUT2D eigenvalue weighted by Crippen LogP contribution is 2.30. The number of hydrogen-bond donors (Lipinski definition) is 2. The fourth-order valence-corrected chi connectivity index (χ4v) is 5.52.